The van der Waals surface area contributed by atoms with Crippen molar-refractivity contribution in [2.75, 3.05) is 13.2 Å². The molecule has 94 valence electrons. The fourth-order valence-corrected chi connectivity index (χ4v) is 1.59. The van der Waals surface area contributed by atoms with Gasteiger partial charge in [-0.25, -0.2) is 4.79 Å². The number of carbonyl (C=O) groups excluding carboxylic acids is 1. The maximum Gasteiger partial charge on any atom is 0.335 e. The van der Waals surface area contributed by atoms with Gasteiger partial charge in [0.2, 0.25) is 0 Å². The lowest BCUT2D eigenvalue weighted by Crippen LogP contribution is -2.32. The number of carboxylic acid groups (broad SMARTS) is 1. The van der Waals surface area contributed by atoms with Gasteiger partial charge in [0.25, 0.3) is 0 Å². The van der Waals surface area contributed by atoms with Crippen molar-refractivity contribution in [2.45, 2.75) is 20.0 Å². The molecule has 2 atom stereocenters. The number of esters is 1. The number of hydrogen-bond acceptors (Lipinski definition) is 4. The quantitative estimate of drug-likeness (QED) is 0.730. The van der Waals surface area contributed by atoms with Gasteiger partial charge in [-0.1, -0.05) is 12.2 Å². The summed E-state index contributed by atoms with van der Waals surface area (Å²) in [6.07, 6.45) is 3.78. The highest BCUT2D eigenvalue weighted by molar-refractivity contribution is 5.91. The minimum Gasteiger partial charge on any atom is -0.478 e. The molecule has 0 radical (unpaired) electrons. The molecule has 0 aromatic rings. The van der Waals surface area contributed by atoms with Crippen LogP contribution in [-0.4, -0.2) is 36.4 Å². The normalized spacial score (nSPS) is 23.1. The molecule has 1 aliphatic carbocycles. The molecule has 1 rings (SSSR count). The van der Waals surface area contributed by atoms with E-state index in [-0.39, 0.29) is 12.2 Å². The summed E-state index contributed by atoms with van der Waals surface area (Å²) < 4.78 is 10.3. The molecule has 17 heavy (non-hydrogen) atoms. The van der Waals surface area contributed by atoms with Crippen LogP contribution in [0.2, 0.25) is 0 Å². The highest BCUT2D eigenvalue weighted by Gasteiger charge is 2.30. The molecular weight excluding hydrogens is 224 g/mol. The van der Waals surface area contributed by atoms with E-state index in [0.717, 1.165) is 0 Å². The molecule has 0 bridgehead atoms. The molecule has 0 fully saturated rings. The van der Waals surface area contributed by atoms with E-state index in [9.17, 15) is 9.59 Å². The number of rotatable bonds is 5. The molecule has 0 saturated carbocycles. The van der Waals surface area contributed by atoms with Gasteiger partial charge in [-0.3, -0.25) is 4.79 Å². The van der Waals surface area contributed by atoms with Gasteiger partial charge < -0.3 is 14.6 Å². The Kier molecular flexibility index (Phi) is 4.90. The van der Waals surface area contributed by atoms with Crippen molar-refractivity contribution in [3.8, 4) is 0 Å². The summed E-state index contributed by atoms with van der Waals surface area (Å²) in [6.45, 7) is 4.20. The van der Waals surface area contributed by atoms with E-state index in [1.165, 1.54) is 18.2 Å². The Morgan fingerprint density at radius 1 is 1.35 bits per heavy atom. The molecular formula is C12H16O5. The average molecular weight is 240 g/mol. The number of ether oxygens (including phenoxy) is 2. The molecule has 1 aliphatic rings. The summed E-state index contributed by atoms with van der Waals surface area (Å²) in [6, 6.07) is 0. The summed E-state index contributed by atoms with van der Waals surface area (Å²) in [5.41, 5.74) is 0.129. The molecule has 1 N–H and O–H groups in total. The highest BCUT2D eigenvalue weighted by Crippen LogP contribution is 2.21. The molecule has 0 aliphatic heterocycles. The molecule has 0 saturated heterocycles. The molecule has 0 aromatic carbocycles. The number of aliphatic carboxylic acids is 1. The molecule has 0 spiro atoms. The van der Waals surface area contributed by atoms with E-state index >= 15 is 0 Å². The molecule has 0 aromatic heterocycles. The summed E-state index contributed by atoms with van der Waals surface area (Å²) in [5.74, 6) is -2.01. The van der Waals surface area contributed by atoms with E-state index < -0.39 is 24.0 Å². The van der Waals surface area contributed by atoms with E-state index in [4.69, 9.17) is 14.6 Å². The average Bonchev–Trinajstić information content (AvgIpc) is 2.29. The monoisotopic (exact) mass is 240 g/mol. The van der Waals surface area contributed by atoms with Gasteiger partial charge in [0, 0.05) is 6.61 Å². The van der Waals surface area contributed by atoms with Crippen molar-refractivity contribution in [3.05, 3.63) is 23.8 Å². The van der Waals surface area contributed by atoms with Crippen molar-refractivity contribution in [1.29, 1.82) is 0 Å². The molecule has 5 nitrogen and oxygen atoms in total. The highest BCUT2D eigenvalue weighted by atomic mass is 16.5. The first-order valence-electron chi connectivity index (χ1n) is 5.51. The lowest BCUT2D eigenvalue weighted by Gasteiger charge is -2.23. The van der Waals surface area contributed by atoms with Crippen LogP contribution in [0.15, 0.2) is 23.8 Å². The topological polar surface area (TPSA) is 72.8 Å². The van der Waals surface area contributed by atoms with E-state index in [2.05, 4.69) is 0 Å². The van der Waals surface area contributed by atoms with Gasteiger partial charge >= 0.3 is 11.9 Å². The summed E-state index contributed by atoms with van der Waals surface area (Å²) in [7, 11) is 0. The van der Waals surface area contributed by atoms with Crippen molar-refractivity contribution >= 4 is 11.9 Å². The van der Waals surface area contributed by atoms with Crippen molar-refractivity contribution in [1.82, 2.24) is 0 Å². The maximum atomic E-state index is 11.6. The van der Waals surface area contributed by atoms with Crippen LogP contribution in [0, 0.1) is 5.92 Å². The van der Waals surface area contributed by atoms with Crippen LogP contribution < -0.4 is 0 Å². The van der Waals surface area contributed by atoms with Crippen molar-refractivity contribution in [2.24, 2.45) is 5.92 Å². The summed E-state index contributed by atoms with van der Waals surface area (Å²) in [5, 5.41) is 8.86. The Hall–Kier alpha value is -1.62. The third-order valence-electron chi connectivity index (χ3n) is 2.35. The molecule has 0 heterocycles. The van der Waals surface area contributed by atoms with E-state index in [1.54, 1.807) is 13.8 Å². The van der Waals surface area contributed by atoms with Gasteiger partial charge in [0.1, 0.15) is 5.92 Å². The molecule has 5 heteroatoms. The summed E-state index contributed by atoms with van der Waals surface area (Å²) in [4.78, 5) is 22.4. The SMILES string of the molecule is CCOC(=O)C1C=CC(C(=O)O)=CC1OCC. The largest absolute Gasteiger partial charge is 0.478 e. The molecule has 2 unspecified atom stereocenters. The minimum absolute atomic E-state index is 0.129. The zero-order valence-electron chi connectivity index (χ0n) is 9.88. The smallest absolute Gasteiger partial charge is 0.335 e. The van der Waals surface area contributed by atoms with Crippen LogP contribution in [0.3, 0.4) is 0 Å². The second-order valence-electron chi connectivity index (χ2n) is 3.48. The third-order valence-corrected chi connectivity index (χ3v) is 2.35. The Morgan fingerprint density at radius 3 is 2.59 bits per heavy atom. The van der Waals surface area contributed by atoms with Gasteiger partial charge in [-0.05, 0) is 19.9 Å². The zero-order valence-corrected chi connectivity index (χ0v) is 9.88. The zero-order chi connectivity index (χ0) is 12.8. The fourth-order valence-electron chi connectivity index (χ4n) is 1.59. The van der Waals surface area contributed by atoms with Gasteiger partial charge in [0.15, 0.2) is 0 Å². The van der Waals surface area contributed by atoms with Crippen molar-refractivity contribution < 1.29 is 24.2 Å². The molecule has 0 amide bonds. The predicted octanol–water partition coefficient (Wildman–Crippen LogP) is 1.15. The lowest BCUT2D eigenvalue weighted by molar-refractivity contribution is -0.150. The van der Waals surface area contributed by atoms with E-state index in [1.807, 2.05) is 0 Å². The Morgan fingerprint density at radius 2 is 2.06 bits per heavy atom. The van der Waals surface area contributed by atoms with Crippen LogP contribution >= 0.6 is 0 Å². The van der Waals surface area contributed by atoms with Crippen LogP contribution in [0.1, 0.15) is 13.8 Å². The fraction of sp³-hybridized carbons (Fsp3) is 0.500. The second-order valence-corrected chi connectivity index (χ2v) is 3.48. The second kappa shape index (κ2) is 6.20. The van der Waals surface area contributed by atoms with Gasteiger partial charge in [-0.2, -0.15) is 0 Å². The van der Waals surface area contributed by atoms with Crippen LogP contribution in [0.25, 0.3) is 0 Å². The van der Waals surface area contributed by atoms with Crippen molar-refractivity contribution in [3.63, 3.8) is 0 Å². The van der Waals surface area contributed by atoms with Crippen LogP contribution in [0.5, 0.6) is 0 Å². The van der Waals surface area contributed by atoms with Gasteiger partial charge in [-0.15, -0.1) is 0 Å². The van der Waals surface area contributed by atoms with E-state index in [0.29, 0.717) is 6.61 Å². The van der Waals surface area contributed by atoms with Gasteiger partial charge in [0.05, 0.1) is 18.3 Å². The number of hydrogen-bond donors (Lipinski definition) is 1. The standard InChI is InChI=1S/C12H16O5/c1-3-16-10-7-8(11(13)14)5-6-9(10)12(15)17-4-2/h5-7,9-10H,3-4H2,1-2H3,(H,13,14). The minimum atomic E-state index is -1.03. The Balaban J connectivity index is 2.84. The first-order chi connectivity index (χ1) is 8.10. The first-order valence-corrected chi connectivity index (χ1v) is 5.51. The third kappa shape index (κ3) is 3.42. The lowest BCUT2D eigenvalue weighted by atomic mass is 9.93. The van der Waals surface area contributed by atoms with Crippen LogP contribution in [-0.2, 0) is 19.1 Å². The first kappa shape index (κ1) is 13.4. The maximum absolute atomic E-state index is 11.6. The number of carboxylic acids is 1. The Labute approximate surface area is 99.7 Å². The summed E-state index contributed by atoms with van der Waals surface area (Å²) >= 11 is 0. The van der Waals surface area contributed by atoms with Crippen LogP contribution in [0.4, 0.5) is 0 Å². The number of carbonyl (C=O) groups is 2. The predicted molar refractivity (Wildman–Crippen MR) is 60.4 cm³/mol. The Bertz CT molecular complexity index is 356.